The zero-order valence-electron chi connectivity index (χ0n) is 14.8. The van der Waals surface area contributed by atoms with Crippen molar-refractivity contribution in [2.45, 2.75) is 19.4 Å². The monoisotopic (exact) mass is 355 g/mol. The van der Waals surface area contributed by atoms with Crippen LogP contribution in [0, 0.1) is 6.92 Å². The van der Waals surface area contributed by atoms with Crippen LogP contribution >= 0.6 is 0 Å². The number of hydrogen-bond acceptors (Lipinski definition) is 5. The second kappa shape index (κ2) is 7.58. The van der Waals surface area contributed by atoms with Crippen molar-refractivity contribution >= 4 is 11.7 Å². The summed E-state index contributed by atoms with van der Waals surface area (Å²) >= 11 is 0. The molecule has 26 heavy (non-hydrogen) atoms. The van der Waals surface area contributed by atoms with Crippen molar-refractivity contribution in [2.24, 2.45) is 0 Å². The Labute approximate surface area is 151 Å². The molecular formula is C20H21NO5. The van der Waals surface area contributed by atoms with Gasteiger partial charge in [0.25, 0.3) is 5.91 Å². The zero-order valence-corrected chi connectivity index (χ0v) is 14.8. The standard InChI is InChI=1S/C20H21NO5/c1-13-6-8-14(9-7-13)17-16(18(22)15-5-3-12-26-15)19(23)20(24)21(17)10-4-11-25-2/h3,5-9,12,17,23H,4,10-11H2,1-2H3/t17-/m0/s1. The summed E-state index contributed by atoms with van der Waals surface area (Å²) in [6.07, 6.45) is 1.99. The van der Waals surface area contributed by atoms with Gasteiger partial charge in [-0.05, 0) is 31.0 Å². The third kappa shape index (κ3) is 3.28. The van der Waals surface area contributed by atoms with E-state index >= 15 is 0 Å². The Morgan fingerprint density at radius 3 is 2.62 bits per heavy atom. The first-order valence-electron chi connectivity index (χ1n) is 8.42. The first-order valence-corrected chi connectivity index (χ1v) is 8.42. The molecule has 1 amide bonds. The molecule has 0 bridgehead atoms. The first-order chi connectivity index (χ1) is 12.5. The Hall–Kier alpha value is -2.86. The van der Waals surface area contributed by atoms with Crippen molar-refractivity contribution in [1.82, 2.24) is 4.90 Å². The molecule has 1 aromatic heterocycles. The van der Waals surface area contributed by atoms with Crippen LogP contribution in [-0.2, 0) is 9.53 Å². The number of carbonyl (C=O) groups excluding carboxylic acids is 2. The molecule has 1 atom stereocenters. The number of amides is 1. The van der Waals surface area contributed by atoms with Gasteiger partial charge in [-0.15, -0.1) is 0 Å². The van der Waals surface area contributed by atoms with Crippen LogP contribution in [0.3, 0.4) is 0 Å². The summed E-state index contributed by atoms with van der Waals surface area (Å²) in [5, 5.41) is 10.4. The van der Waals surface area contributed by atoms with E-state index in [1.54, 1.807) is 13.2 Å². The van der Waals surface area contributed by atoms with Crippen molar-refractivity contribution in [3.63, 3.8) is 0 Å². The molecule has 2 heterocycles. The lowest BCUT2D eigenvalue weighted by Crippen LogP contribution is -2.32. The van der Waals surface area contributed by atoms with Crippen molar-refractivity contribution < 1.29 is 23.8 Å². The number of Topliss-reactive ketones (excluding diaryl/α,β-unsaturated/α-hetero) is 1. The normalized spacial score (nSPS) is 17.2. The first kappa shape index (κ1) is 17.9. The predicted molar refractivity (Wildman–Crippen MR) is 94.8 cm³/mol. The third-order valence-electron chi connectivity index (χ3n) is 4.43. The molecular weight excluding hydrogens is 334 g/mol. The Morgan fingerprint density at radius 1 is 1.27 bits per heavy atom. The number of carbonyl (C=O) groups is 2. The summed E-state index contributed by atoms with van der Waals surface area (Å²) in [5.74, 6) is -1.47. The number of aliphatic hydroxyl groups is 1. The van der Waals surface area contributed by atoms with Gasteiger partial charge in [0.05, 0.1) is 17.9 Å². The number of nitrogens with zero attached hydrogens (tertiary/aromatic N) is 1. The summed E-state index contributed by atoms with van der Waals surface area (Å²) in [5.41, 5.74) is 1.88. The number of furan rings is 1. The molecule has 0 aliphatic carbocycles. The molecule has 0 unspecified atom stereocenters. The largest absolute Gasteiger partial charge is 0.503 e. The lowest BCUT2D eigenvalue weighted by Gasteiger charge is -2.26. The fourth-order valence-corrected chi connectivity index (χ4v) is 3.13. The number of methoxy groups -OCH3 is 1. The lowest BCUT2D eigenvalue weighted by molar-refractivity contribution is -0.129. The lowest BCUT2D eigenvalue weighted by atomic mass is 9.94. The molecule has 1 aliphatic heterocycles. The van der Waals surface area contributed by atoms with Crippen LogP contribution in [0.4, 0.5) is 0 Å². The van der Waals surface area contributed by atoms with Crippen LogP contribution < -0.4 is 0 Å². The van der Waals surface area contributed by atoms with E-state index in [-0.39, 0.29) is 11.3 Å². The fraction of sp³-hybridized carbons (Fsp3) is 0.300. The van der Waals surface area contributed by atoms with Gasteiger partial charge in [-0.1, -0.05) is 29.8 Å². The number of benzene rings is 1. The maximum atomic E-state index is 12.9. The van der Waals surface area contributed by atoms with E-state index in [1.165, 1.54) is 17.2 Å². The minimum absolute atomic E-state index is 0.0474. The molecule has 0 radical (unpaired) electrons. The van der Waals surface area contributed by atoms with E-state index in [1.807, 2.05) is 31.2 Å². The summed E-state index contributed by atoms with van der Waals surface area (Å²) < 4.78 is 10.2. The van der Waals surface area contributed by atoms with Gasteiger partial charge in [-0.2, -0.15) is 0 Å². The Bertz CT molecular complexity index is 820. The molecule has 6 nitrogen and oxygen atoms in total. The summed E-state index contributed by atoms with van der Waals surface area (Å²) in [7, 11) is 1.59. The van der Waals surface area contributed by atoms with E-state index < -0.39 is 23.5 Å². The van der Waals surface area contributed by atoms with Gasteiger partial charge in [0, 0.05) is 20.3 Å². The predicted octanol–water partition coefficient (Wildman–Crippen LogP) is 3.20. The molecule has 0 spiro atoms. The van der Waals surface area contributed by atoms with Crippen LogP contribution in [0.5, 0.6) is 0 Å². The quantitative estimate of drug-likeness (QED) is 0.609. The topological polar surface area (TPSA) is 80.0 Å². The highest BCUT2D eigenvalue weighted by Crippen LogP contribution is 2.39. The highest BCUT2D eigenvalue weighted by molar-refractivity contribution is 6.14. The number of aryl methyl sites for hydroxylation is 1. The van der Waals surface area contributed by atoms with E-state index in [2.05, 4.69) is 0 Å². The molecule has 1 N–H and O–H groups in total. The minimum atomic E-state index is -0.655. The smallest absolute Gasteiger partial charge is 0.290 e. The van der Waals surface area contributed by atoms with Gasteiger partial charge in [0.15, 0.2) is 11.5 Å². The number of ether oxygens (including phenoxy) is 1. The van der Waals surface area contributed by atoms with Crippen molar-refractivity contribution in [3.05, 3.63) is 70.9 Å². The zero-order chi connectivity index (χ0) is 18.7. The fourth-order valence-electron chi connectivity index (χ4n) is 3.13. The highest BCUT2D eigenvalue weighted by atomic mass is 16.5. The Morgan fingerprint density at radius 2 is 2.00 bits per heavy atom. The average molecular weight is 355 g/mol. The van der Waals surface area contributed by atoms with E-state index in [9.17, 15) is 14.7 Å². The highest BCUT2D eigenvalue weighted by Gasteiger charge is 2.44. The van der Waals surface area contributed by atoms with Crippen LogP contribution in [0.15, 0.2) is 58.4 Å². The molecule has 1 aliphatic rings. The molecule has 0 fully saturated rings. The average Bonchev–Trinajstić information content (AvgIpc) is 3.25. The molecule has 136 valence electrons. The van der Waals surface area contributed by atoms with Gasteiger partial charge < -0.3 is 19.2 Å². The van der Waals surface area contributed by atoms with Gasteiger partial charge in [-0.25, -0.2) is 0 Å². The van der Waals surface area contributed by atoms with Crippen LogP contribution in [0.2, 0.25) is 0 Å². The van der Waals surface area contributed by atoms with E-state index in [0.717, 1.165) is 11.1 Å². The Kier molecular flexibility index (Phi) is 5.23. The number of hydrogen-bond donors (Lipinski definition) is 1. The van der Waals surface area contributed by atoms with Gasteiger partial charge in [0.2, 0.25) is 5.78 Å². The van der Waals surface area contributed by atoms with Gasteiger partial charge >= 0.3 is 0 Å². The third-order valence-corrected chi connectivity index (χ3v) is 4.43. The van der Waals surface area contributed by atoms with Crippen LogP contribution in [-0.4, -0.2) is 42.0 Å². The SMILES string of the molecule is COCCCN1C(=O)C(O)=C(C(=O)c2ccco2)[C@@H]1c1ccc(C)cc1. The number of ketones is 1. The molecule has 0 saturated heterocycles. The van der Waals surface area contributed by atoms with Crippen molar-refractivity contribution in [1.29, 1.82) is 0 Å². The van der Waals surface area contributed by atoms with Crippen molar-refractivity contribution in [2.75, 3.05) is 20.3 Å². The second-order valence-corrected chi connectivity index (χ2v) is 6.23. The van der Waals surface area contributed by atoms with E-state index in [4.69, 9.17) is 9.15 Å². The van der Waals surface area contributed by atoms with E-state index in [0.29, 0.717) is 19.6 Å². The van der Waals surface area contributed by atoms with Gasteiger partial charge in [0.1, 0.15) is 0 Å². The maximum Gasteiger partial charge on any atom is 0.290 e. The summed E-state index contributed by atoms with van der Waals surface area (Å²) in [4.78, 5) is 27.0. The molecule has 3 rings (SSSR count). The summed E-state index contributed by atoms with van der Waals surface area (Å²) in [6.45, 7) is 2.80. The number of aliphatic hydroxyl groups excluding tert-OH is 1. The summed E-state index contributed by atoms with van der Waals surface area (Å²) in [6, 6.07) is 10.0. The van der Waals surface area contributed by atoms with Crippen LogP contribution in [0.1, 0.15) is 34.1 Å². The molecule has 1 aromatic carbocycles. The Balaban J connectivity index is 2.02. The molecule has 2 aromatic rings. The number of rotatable bonds is 7. The van der Waals surface area contributed by atoms with Crippen LogP contribution in [0.25, 0.3) is 0 Å². The van der Waals surface area contributed by atoms with Gasteiger partial charge in [-0.3, -0.25) is 9.59 Å². The molecule has 6 heteroatoms. The minimum Gasteiger partial charge on any atom is -0.503 e. The maximum absolute atomic E-state index is 12.9. The van der Waals surface area contributed by atoms with Crippen molar-refractivity contribution in [3.8, 4) is 0 Å². The second-order valence-electron chi connectivity index (χ2n) is 6.23. The molecule has 0 saturated carbocycles.